The monoisotopic (exact) mass is 531 g/mol. The molecule has 0 radical (unpaired) electrons. The number of halogens is 3. The standard InChI is InChI=1S/C23H20BrF2N5O3/c1-29-21(32)17-4-2-14(15-12-27-23(28-13-15)30-6-8-33-9-7-30)10-18(17)31(29)19-11-16(24)3-5-20(19)34-22(25)26/h2-5,10-13,22H,6-9H2,1H3. The summed E-state index contributed by atoms with van der Waals surface area (Å²) in [5.74, 6) is 0.585. The van der Waals surface area contributed by atoms with Crippen LogP contribution in [0.15, 0.2) is 58.1 Å². The molecule has 0 bridgehead atoms. The molecule has 0 spiro atoms. The van der Waals surface area contributed by atoms with E-state index in [0.717, 1.165) is 24.2 Å². The summed E-state index contributed by atoms with van der Waals surface area (Å²) in [7, 11) is 1.58. The molecule has 1 fully saturated rings. The van der Waals surface area contributed by atoms with Gasteiger partial charge >= 0.3 is 6.61 Å². The maximum Gasteiger partial charge on any atom is 0.387 e. The smallest absolute Gasteiger partial charge is 0.387 e. The molecule has 0 saturated carbocycles. The molecule has 3 heterocycles. The van der Waals surface area contributed by atoms with E-state index in [1.807, 2.05) is 12.1 Å². The van der Waals surface area contributed by atoms with Crippen LogP contribution in [0, 0.1) is 0 Å². The fourth-order valence-corrected chi connectivity index (χ4v) is 4.38. The number of morpholine rings is 1. The predicted molar refractivity (Wildman–Crippen MR) is 127 cm³/mol. The minimum absolute atomic E-state index is 0.0469. The van der Waals surface area contributed by atoms with Crippen LogP contribution < -0.4 is 15.2 Å². The molecule has 1 aliphatic heterocycles. The van der Waals surface area contributed by atoms with Crippen molar-refractivity contribution in [2.24, 2.45) is 7.05 Å². The van der Waals surface area contributed by atoms with E-state index >= 15 is 0 Å². The average molecular weight is 532 g/mol. The van der Waals surface area contributed by atoms with E-state index in [0.29, 0.717) is 40.2 Å². The summed E-state index contributed by atoms with van der Waals surface area (Å²) in [5, 5.41) is 0.445. The number of hydrogen-bond acceptors (Lipinski definition) is 6. The van der Waals surface area contributed by atoms with Crippen molar-refractivity contribution >= 4 is 32.8 Å². The van der Waals surface area contributed by atoms with Gasteiger partial charge in [-0.05, 0) is 35.9 Å². The Morgan fingerprint density at radius 2 is 1.79 bits per heavy atom. The van der Waals surface area contributed by atoms with Gasteiger partial charge in [-0.1, -0.05) is 22.0 Å². The van der Waals surface area contributed by atoms with Crippen molar-refractivity contribution in [1.82, 2.24) is 19.3 Å². The normalized spacial score (nSPS) is 14.2. The van der Waals surface area contributed by atoms with Crippen LogP contribution in [-0.4, -0.2) is 52.2 Å². The Labute approximate surface area is 201 Å². The molecule has 0 unspecified atom stereocenters. The Kier molecular flexibility index (Phi) is 6.05. The van der Waals surface area contributed by atoms with Crippen molar-refractivity contribution in [2.75, 3.05) is 31.2 Å². The van der Waals surface area contributed by atoms with Gasteiger partial charge in [0.05, 0.1) is 24.1 Å². The molecular formula is C23H20BrF2N5O3. The molecule has 4 aromatic rings. The summed E-state index contributed by atoms with van der Waals surface area (Å²) >= 11 is 3.37. The van der Waals surface area contributed by atoms with E-state index in [1.165, 1.54) is 10.7 Å². The second-order valence-corrected chi connectivity index (χ2v) is 8.65. The van der Waals surface area contributed by atoms with Gasteiger partial charge in [-0.25, -0.2) is 19.3 Å². The fraction of sp³-hybridized carbons (Fsp3) is 0.261. The van der Waals surface area contributed by atoms with Gasteiger partial charge in [0.25, 0.3) is 5.56 Å². The largest absolute Gasteiger partial charge is 0.433 e. The van der Waals surface area contributed by atoms with Crippen LogP contribution in [0.25, 0.3) is 27.7 Å². The van der Waals surface area contributed by atoms with E-state index < -0.39 is 6.61 Å². The van der Waals surface area contributed by atoms with Crippen molar-refractivity contribution < 1.29 is 18.3 Å². The number of anilines is 1. The van der Waals surface area contributed by atoms with Crippen LogP contribution in [0.5, 0.6) is 5.75 Å². The molecule has 5 rings (SSSR count). The molecule has 0 aliphatic carbocycles. The molecule has 11 heteroatoms. The Bertz CT molecular complexity index is 1400. The zero-order valence-electron chi connectivity index (χ0n) is 18.1. The number of fused-ring (bicyclic) bond motifs is 1. The van der Waals surface area contributed by atoms with Crippen molar-refractivity contribution in [3.63, 3.8) is 0 Å². The van der Waals surface area contributed by atoms with Gasteiger partial charge in [-0.15, -0.1) is 0 Å². The lowest BCUT2D eigenvalue weighted by Gasteiger charge is -2.26. The highest BCUT2D eigenvalue weighted by molar-refractivity contribution is 9.10. The molecule has 1 saturated heterocycles. The maximum absolute atomic E-state index is 13.1. The lowest BCUT2D eigenvalue weighted by molar-refractivity contribution is -0.0499. The van der Waals surface area contributed by atoms with E-state index in [-0.39, 0.29) is 11.3 Å². The lowest BCUT2D eigenvalue weighted by Crippen LogP contribution is -2.37. The van der Waals surface area contributed by atoms with Gasteiger partial charge in [0.2, 0.25) is 5.95 Å². The van der Waals surface area contributed by atoms with Crippen molar-refractivity contribution in [3.8, 4) is 22.6 Å². The van der Waals surface area contributed by atoms with E-state index in [9.17, 15) is 13.6 Å². The SMILES string of the molecule is Cn1c(=O)c2ccc(-c3cnc(N4CCOCC4)nc3)cc2n1-c1cc(Br)ccc1OC(F)F. The van der Waals surface area contributed by atoms with Gasteiger partial charge in [-0.2, -0.15) is 8.78 Å². The number of ether oxygens (including phenoxy) is 2. The first-order valence-electron chi connectivity index (χ1n) is 10.5. The second kappa shape index (κ2) is 9.15. The summed E-state index contributed by atoms with van der Waals surface area (Å²) in [4.78, 5) is 24.0. The number of aromatic nitrogens is 4. The molecule has 1 aliphatic rings. The average Bonchev–Trinajstić information content (AvgIpc) is 3.10. The molecule has 0 amide bonds. The third kappa shape index (κ3) is 4.16. The first-order valence-corrected chi connectivity index (χ1v) is 11.3. The van der Waals surface area contributed by atoms with E-state index in [2.05, 4.69) is 30.8 Å². The summed E-state index contributed by atoms with van der Waals surface area (Å²) in [6, 6.07) is 10.0. The summed E-state index contributed by atoms with van der Waals surface area (Å²) in [6.07, 6.45) is 3.46. The molecular weight excluding hydrogens is 512 g/mol. The van der Waals surface area contributed by atoms with Gasteiger partial charge < -0.3 is 14.4 Å². The fourth-order valence-electron chi connectivity index (χ4n) is 4.03. The molecule has 0 N–H and O–H groups in total. The highest BCUT2D eigenvalue weighted by Gasteiger charge is 2.19. The van der Waals surface area contributed by atoms with Crippen LogP contribution in [0.1, 0.15) is 0 Å². The third-order valence-corrected chi connectivity index (χ3v) is 6.17. The highest BCUT2D eigenvalue weighted by atomic mass is 79.9. The zero-order chi connectivity index (χ0) is 23.8. The molecule has 8 nitrogen and oxygen atoms in total. The number of benzene rings is 2. The maximum atomic E-state index is 13.1. The first kappa shape index (κ1) is 22.5. The Morgan fingerprint density at radius 3 is 2.50 bits per heavy atom. The molecule has 2 aromatic carbocycles. The second-order valence-electron chi connectivity index (χ2n) is 7.73. The molecule has 34 heavy (non-hydrogen) atoms. The van der Waals surface area contributed by atoms with Crippen LogP contribution in [0.2, 0.25) is 0 Å². The Morgan fingerprint density at radius 1 is 1.06 bits per heavy atom. The topological polar surface area (TPSA) is 74.4 Å². The van der Waals surface area contributed by atoms with Crippen LogP contribution in [-0.2, 0) is 11.8 Å². The van der Waals surface area contributed by atoms with Crippen LogP contribution in [0.3, 0.4) is 0 Å². The number of hydrogen-bond donors (Lipinski definition) is 0. The Balaban J connectivity index is 1.60. The summed E-state index contributed by atoms with van der Waals surface area (Å²) in [6.45, 7) is -0.258. The lowest BCUT2D eigenvalue weighted by atomic mass is 10.1. The summed E-state index contributed by atoms with van der Waals surface area (Å²) in [5.41, 5.74) is 2.13. The minimum atomic E-state index is -3.00. The van der Waals surface area contributed by atoms with Crippen molar-refractivity contribution in [2.45, 2.75) is 6.61 Å². The Hall–Kier alpha value is -3.31. The molecule has 0 atom stereocenters. The van der Waals surface area contributed by atoms with Gasteiger partial charge in [-0.3, -0.25) is 4.79 Å². The van der Waals surface area contributed by atoms with Crippen molar-refractivity contribution in [3.05, 3.63) is 63.6 Å². The van der Waals surface area contributed by atoms with Crippen LogP contribution in [0.4, 0.5) is 14.7 Å². The minimum Gasteiger partial charge on any atom is -0.433 e. The van der Waals surface area contributed by atoms with Gasteiger partial charge in [0, 0.05) is 42.6 Å². The van der Waals surface area contributed by atoms with E-state index in [1.54, 1.807) is 42.3 Å². The predicted octanol–water partition coefficient (Wildman–Crippen LogP) is 3.99. The zero-order valence-corrected chi connectivity index (χ0v) is 19.7. The third-order valence-electron chi connectivity index (χ3n) is 5.68. The number of alkyl halides is 2. The van der Waals surface area contributed by atoms with Crippen LogP contribution >= 0.6 is 15.9 Å². The number of nitrogens with zero attached hydrogens (tertiary/aromatic N) is 5. The first-order chi connectivity index (χ1) is 16.4. The molecule has 176 valence electrons. The molecule has 2 aromatic heterocycles. The van der Waals surface area contributed by atoms with E-state index in [4.69, 9.17) is 9.47 Å². The number of rotatable bonds is 5. The quantitative estimate of drug-likeness (QED) is 0.387. The van der Waals surface area contributed by atoms with Gasteiger partial charge in [0.15, 0.2) is 5.75 Å². The van der Waals surface area contributed by atoms with Crippen molar-refractivity contribution in [1.29, 1.82) is 0 Å². The highest BCUT2D eigenvalue weighted by Crippen LogP contribution is 2.32. The summed E-state index contributed by atoms with van der Waals surface area (Å²) < 4.78 is 39.8. The van der Waals surface area contributed by atoms with Gasteiger partial charge in [0.1, 0.15) is 5.69 Å².